The number of hydrogen-bond donors (Lipinski definition) is 3. The SMILES string of the molecule is Cc1ccc([C@@](O)(CCNC(=O)N[C@H](C)c2cc3ccccc3o2)C(F)(F)F)o1. The van der Waals surface area contributed by atoms with Crippen molar-refractivity contribution >= 4 is 17.0 Å². The molecule has 0 fully saturated rings. The summed E-state index contributed by atoms with van der Waals surface area (Å²) in [6.07, 6.45) is -5.76. The maximum atomic E-state index is 13.4. The van der Waals surface area contributed by atoms with Gasteiger partial charge in [0.1, 0.15) is 22.9 Å². The van der Waals surface area contributed by atoms with Crippen LogP contribution >= 0.6 is 0 Å². The van der Waals surface area contributed by atoms with Gasteiger partial charge in [-0.05, 0) is 38.1 Å². The smallest absolute Gasteiger partial charge is 0.424 e. The van der Waals surface area contributed by atoms with Crippen LogP contribution in [-0.2, 0) is 5.60 Å². The van der Waals surface area contributed by atoms with Crippen LogP contribution in [0.5, 0.6) is 0 Å². The third-order valence-corrected chi connectivity index (χ3v) is 4.61. The summed E-state index contributed by atoms with van der Waals surface area (Å²) < 4.78 is 50.8. The van der Waals surface area contributed by atoms with Crippen molar-refractivity contribution in [3.05, 3.63) is 59.7 Å². The van der Waals surface area contributed by atoms with Crippen molar-refractivity contribution in [2.75, 3.05) is 6.54 Å². The van der Waals surface area contributed by atoms with Gasteiger partial charge in [0.05, 0.1) is 6.04 Å². The molecule has 0 saturated heterocycles. The first-order valence-corrected chi connectivity index (χ1v) is 8.99. The topological polar surface area (TPSA) is 87.6 Å². The molecule has 0 aliphatic carbocycles. The van der Waals surface area contributed by atoms with Crippen LogP contribution < -0.4 is 10.6 Å². The lowest BCUT2D eigenvalue weighted by Gasteiger charge is -2.28. The number of carbonyl (C=O) groups is 1. The molecule has 2 atom stereocenters. The van der Waals surface area contributed by atoms with Gasteiger partial charge in [0, 0.05) is 18.4 Å². The van der Waals surface area contributed by atoms with Gasteiger partial charge in [-0.1, -0.05) is 18.2 Å². The largest absolute Gasteiger partial charge is 0.463 e. The number of urea groups is 1. The molecule has 3 N–H and O–H groups in total. The Morgan fingerprint density at radius 2 is 1.90 bits per heavy atom. The Morgan fingerprint density at radius 1 is 1.17 bits per heavy atom. The number of benzene rings is 1. The van der Waals surface area contributed by atoms with Crippen LogP contribution in [0.15, 0.2) is 51.3 Å². The van der Waals surface area contributed by atoms with Crippen molar-refractivity contribution in [1.29, 1.82) is 0 Å². The van der Waals surface area contributed by atoms with Gasteiger partial charge in [0.25, 0.3) is 0 Å². The van der Waals surface area contributed by atoms with Crippen LogP contribution in [0.2, 0.25) is 0 Å². The standard InChI is InChI=1S/C20H21F3N2O4/c1-12-7-8-17(28-12)19(27,20(21,22)23)9-10-24-18(26)25-13(2)16-11-14-5-3-4-6-15(14)29-16/h3-8,11,13,27H,9-10H2,1-2H3,(H2,24,25,26)/t13-,19+/m1/s1. The molecule has 156 valence electrons. The number of hydrogen-bond acceptors (Lipinski definition) is 4. The molecule has 29 heavy (non-hydrogen) atoms. The Kier molecular flexibility index (Phi) is 5.61. The van der Waals surface area contributed by atoms with E-state index in [9.17, 15) is 23.1 Å². The number of aliphatic hydroxyl groups is 1. The van der Waals surface area contributed by atoms with Gasteiger partial charge < -0.3 is 24.6 Å². The Hall–Kier alpha value is -2.94. The first kappa shape index (κ1) is 20.8. The molecular formula is C20H21F3N2O4. The van der Waals surface area contributed by atoms with E-state index in [4.69, 9.17) is 8.83 Å². The minimum atomic E-state index is -4.96. The van der Waals surface area contributed by atoms with Gasteiger partial charge in [-0.2, -0.15) is 13.2 Å². The van der Waals surface area contributed by atoms with Gasteiger partial charge in [-0.15, -0.1) is 0 Å². The molecule has 3 rings (SSSR count). The second-order valence-electron chi connectivity index (χ2n) is 6.83. The minimum absolute atomic E-state index is 0.244. The van der Waals surface area contributed by atoms with Crippen LogP contribution in [0.4, 0.5) is 18.0 Å². The monoisotopic (exact) mass is 410 g/mol. The quantitative estimate of drug-likeness (QED) is 0.557. The summed E-state index contributed by atoms with van der Waals surface area (Å²) in [7, 11) is 0. The Bertz CT molecular complexity index is 962. The Balaban J connectivity index is 1.59. The summed E-state index contributed by atoms with van der Waals surface area (Å²) in [5, 5.41) is 16.0. The maximum absolute atomic E-state index is 13.4. The molecule has 0 saturated carbocycles. The molecule has 1 aromatic carbocycles. The van der Waals surface area contributed by atoms with Gasteiger partial charge >= 0.3 is 12.2 Å². The number of aryl methyl sites for hydroxylation is 1. The van der Waals surface area contributed by atoms with E-state index < -0.39 is 42.6 Å². The zero-order valence-electron chi connectivity index (χ0n) is 15.8. The zero-order valence-corrected chi connectivity index (χ0v) is 15.8. The molecule has 0 unspecified atom stereocenters. The van der Waals surface area contributed by atoms with Crippen LogP contribution in [0.3, 0.4) is 0 Å². The lowest BCUT2D eigenvalue weighted by Crippen LogP contribution is -2.46. The maximum Gasteiger partial charge on any atom is 0.424 e. The molecule has 2 aromatic heterocycles. The summed E-state index contributed by atoms with van der Waals surface area (Å²) >= 11 is 0. The molecule has 9 heteroatoms. The van der Waals surface area contributed by atoms with Crippen LogP contribution in [0, 0.1) is 6.92 Å². The lowest BCUT2D eigenvalue weighted by atomic mass is 9.96. The van der Waals surface area contributed by atoms with E-state index in [1.165, 1.54) is 13.0 Å². The molecule has 2 heterocycles. The van der Waals surface area contributed by atoms with Crippen LogP contribution in [-0.4, -0.2) is 23.9 Å². The highest BCUT2D eigenvalue weighted by Gasteiger charge is 2.56. The fourth-order valence-corrected chi connectivity index (χ4v) is 2.95. The number of furan rings is 2. The minimum Gasteiger partial charge on any atom is -0.463 e. The van der Waals surface area contributed by atoms with E-state index in [0.717, 1.165) is 11.5 Å². The fraction of sp³-hybridized carbons (Fsp3) is 0.350. The average molecular weight is 410 g/mol. The van der Waals surface area contributed by atoms with Crippen molar-refractivity contribution in [2.45, 2.75) is 38.1 Å². The van der Waals surface area contributed by atoms with Gasteiger partial charge in [-0.3, -0.25) is 0 Å². The van der Waals surface area contributed by atoms with E-state index in [-0.39, 0.29) is 5.76 Å². The predicted molar refractivity (Wildman–Crippen MR) is 99.2 cm³/mol. The normalized spacial score (nSPS) is 15.1. The highest BCUT2D eigenvalue weighted by atomic mass is 19.4. The van der Waals surface area contributed by atoms with Crippen LogP contribution in [0.1, 0.15) is 36.7 Å². The number of para-hydroxylation sites is 1. The first-order chi connectivity index (χ1) is 13.6. The van der Waals surface area contributed by atoms with E-state index >= 15 is 0 Å². The number of alkyl halides is 3. The molecule has 6 nitrogen and oxygen atoms in total. The highest BCUT2D eigenvalue weighted by Crippen LogP contribution is 2.42. The van der Waals surface area contributed by atoms with Crippen molar-refractivity contribution in [3.8, 4) is 0 Å². The average Bonchev–Trinajstić information content (AvgIpc) is 3.26. The summed E-state index contributed by atoms with van der Waals surface area (Å²) in [5.41, 5.74) is -2.53. The second-order valence-corrected chi connectivity index (χ2v) is 6.83. The summed E-state index contributed by atoms with van der Waals surface area (Å²) in [6, 6.07) is 10.3. The first-order valence-electron chi connectivity index (χ1n) is 8.99. The third kappa shape index (κ3) is 4.40. The van der Waals surface area contributed by atoms with Crippen LogP contribution in [0.25, 0.3) is 11.0 Å². The molecule has 0 spiro atoms. The van der Waals surface area contributed by atoms with Gasteiger partial charge in [0.15, 0.2) is 0 Å². The van der Waals surface area contributed by atoms with Crippen molar-refractivity contribution in [2.24, 2.45) is 0 Å². The predicted octanol–water partition coefficient (Wildman–Crippen LogP) is 4.53. The molecule has 0 radical (unpaired) electrons. The van der Waals surface area contributed by atoms with E-state index in [0.29, 0.717) is 11.3 Å². The van der Waals surface area contributed by atoms with Crippen molar-refractivity contribution in [1.82, 2.24) is 10.6 Å². The highest BCUT2D eigenvalue weighted by molar-refractivity contribution is 5.78. The molecule has 2 amide bonds. The molecule has 3 aromatic rings. The lowest BCUT2D eigenvalue weighted by molar-refractivity contribution is -0.274. The summed E-state index contributed by atoms with van der Waals surface area (Å²) in [5.74, 6) is 0.146. The Morgan fingerprint density at radius 3 is 2.52 bits per heavy atom. The van der Waals surface area contributed by atoms with Crippen molar-refractivity contribution < 1.29 is 31.9 Å². The van der Waals surface area contributed by atoms with E-state index in [2.05, 4.69) is 10.6 Å². The zero-order chi connectivity index (χ0) is 21.2. The molecular weight excluding hydrogens is 389 g/mol. The number of nitrogens with one attached hydrogen (secondary N) is 2. The molecule has 0 aliphatic rings. The number of carbonyl (C=O) groups excluding carboxylic acids is 1. The fourth-order valence-electron chi connectivity index (χ4n) is 2.95. The number of amides is 2. The van der Waals surface area contributed by atoms with Gasteiger partial charge in [-0.25, -0.2) is 4.79 Å². The number of rotatable bonds is 6. The van der Waals surface area contributed by atoms with E-state index in [1.54, 1.807) is 19.1 Å². The molecule has 0 aliphatic heterocycles. The molecule has 0 bridgehead atoms. The number of halogens is 3. The second kappa shape index (κ2) is 7.82. The number of fused-ring (bicyclic) bond motifs is 1. The summed E-state index contributed by atoms with van der Waals surface area (Å²) in [4.78, 5) is 12.1. The summed E-state index contributed by atoms with van der Waals surface area (Å²) in [6.45, 7) is 2.74. The van der Waals surface area contributed by atoms with Gasteiger partial charge in [0.2, 0.25) is 5.60 Å². The van der Waals surface area contributed by atoms with E-state index in [1.807, 2.05) is 18.2 Å². The Labute approximate surface area is 164 Å². The third-order valence-electron chi connectivity index (χ3n) is 4.61. The van der Waals surface area contributed by atoms with Crippen molar-refractivity contribution in [3.63, 3.8) is 0 Å².